The van der Waals surface area contributed by atoms with Crippen LogP contribution in [0.4, 0.5) is 0 Å². The van der Waals surface area contributed by atoms with E-state index in [0.29, 0.717) is 12.6 Å². The monoisotopic (exact) mass is 407 g/mol. The van der Waals surface area contributed by atoms with Crippen molar-refractivity contribution in [1.82, 2.24) is 10.6 Å². The number of nitrogens with zero attached hydrogens (tertiary/aromatic N) is 1. The van der Waals surface area contributed by atoms with Crippen molar-refractivity contribution in [3.05, 3.63) is 23.8 Å². The summed E-state index contributed by atoms with van der Waals surface area (Å²) in [5, 5.41) is 6.50. The van der Waals surface area contributed by atoms with E-state index >= 15 is 0 Å². The Kier molecular flexibility index (Phi) is 9.94. The van der Waals surface area contributed by atoms with Gasteiger partial charge in [-0.15, -0.1) is 24.0 Å². The van der Waals surface area contributed by atoms with E-state index in [4.69, 9.17) is 9.47 Å². The first-order valence-electron chi connectivity index (χ1n) is 6.86. The van der Waals surface area contributed by atoms with Crippen LogP contribution in [-0.4, -0.2) is 32.8 Å². The molecule has 0 unspecified atom stereocenters. The maximum absolute atomic E-state index is 5.37. The Labute approximate surface area is 144 Å². The molecule has 0 aliphatic rings. The third kappa shape index (κ3) is 6.88. The smallest absolute Gasteiger partial charge is 0.191 e. The van der Waals surface area contributed by atoms with Crippen molar-refractivity contribution in [3.8, 4) is 11.5 Å². The van der Waals surface area contributed by atoms with Crippen molar-refractivity contribution < 1.29 is 9.47 Å². The number of halogens is 1. The molecular weight excluding hydrogens is 381 g/mol. The van der Waals surface area contributed by atoms with Gasteiger partial charge in [0, 0.05) is 24.2 Å². The number of hydrogen-bond acceptors (Lipinski definition) is 3. The Bertz CT molecular complexity index is 451. The van der Waals surface area contributed by atoms with Gasteiger partial charge in [-0.25, -0.2) is 4.99 Å². The summed E-state index contributed by atoms with van der Waals surface area (Å²) in [6.45, 7) is 7.60. The molecule has 1 aromatic rings. The summed E-state index contributed by atoms with van der Waals surface area (Å²) >= 11 is 0. The third-order valence-corrected chi connectivity index (χ3v) is 2.67. The maximum Gasteiger partial charge on any atom is 0.191 e. The zero-order chi connectivity index (χ0) is 15.0. The number of guanidine groups is 1. The van der Waals surface area contributed by atoms with E-state index in [1.54, 1.807) is 14.2 Å². The zero-order valence-electron chi connectivity index (χ0n) is 13.4. The number of benzene rings is 1. The number of nitrogens with one attached hydrogen (secondary N) is 2. The molecule has 0 bridgehead atoms. The van der Waals surface area contributed by atoms with Gasteiger partial charge < -0.3 is 20.1 Å². The van der Waals surface area contributed by atoms with Gasteiger partial charge in [-0.3, -0.25) is 0 Å². The largest absolute Gasteiger partial charge is 0.497 e. The zero-order valence-corrected chi connectivity index (χ0v) is 15.7. The maximum atomic E-state index is 5.37. The summed E-state index contributed by atoms with van der Waals surface area (Å²) < 4.78 is 10.6. The average Bonchev–Trinajstić information content (AvgIpc) is 2.44. The molecule has 0 amide bonds. The number of methoxy groups -OCH3 is 2. The minimum atomic E-state index is 0. The van der Waals surface area contributed by atoms with Gasteiger partial charge in [0.15, 0.2) is 5.96 Å². The fraction of sp³-hybridized carbons (Fsp3) is 0.533. The molecule has 5 nitrogen and oxygen atoms in total. The Balaban J connectivity index is 0.00000400. The van der Waals surface area contributed by atoms with Crippen molar-refractivity contribution in [1.29, 1.82) is 0 Å². The molecule has 1 aromatic carbocycles. The van der Waals surface area contributed by atoms with Gasteiger partial charge in [0.1, 0.15) is 11.5 Å². The van der Waals surface area contributed by atoms with E-state index in [1.807, 2.05) is 25.1 Å². The van der Waals surface area contributed by atoms with Crippen molar-refractivity contribution in [2.24, 2.45) is 4.99 Å². The molecule has 1 rings (SSSR count). The topological polar surface area (TPSA) is 54.9 Å². The van der Waals surface area contributed by atoms with Crippen molar-refractivity contribution in [3.63, 3.8) is 0 Å². The molecule has 0 aromatic heterocycles. The number of rotatable bonds is 6. The minimum Gasteiger partial charge on any atom is -0.497 e. The second-order valence-corrected chi connectivity index (χ2v) is 4.67. The first kappa shape index (κ1) is 19.8. The van der Waals surface area contributed by atoms with Gasteiger partial charge in [0.25, 0.3) is 0 Å². The van der Waals surface area contributed by atoms with Crippen LogP contribution in [0.25, 0.3) is 0 Å². The van der Waals surface area contributed by atoms with Gasteiger partial charge in [-0.2, -0.15) is 0 Å². The number of hydrogen-bond donors (Lipinski definition) is 2. The lowest BCUT2D eigenvalue weighted by Crippen LogP contribution is -2.41. The molecule has 0 atom stereocenters. The predicted octanol–water partition coefficient (Wildman–Crippen LogP) is 2.79. The van der Waals surface area contributed by atoms with E-state index in [-0.39, 0.29) is 24.0 Å². The molecule has 0 radical (unpaired) electrons. The van der Waals surface area contributed by atoms with Crippen LogP contribution in [0.3, 0.4) is 0 Å². The number of aliphatic imine (C=N–C) groups is 1. The highest BCUT2D eigenvalue weighted by Crippen LogP contribution is 2.25. The Morgan fingerprint density at radius 3 is 2.48 bits per heavy atom. The van der Waals surface area contributed by atoms with E-state index in [9.17, 15) is 0 Å². The van der Waals surface area contributed by atoms with Crippen LogP contribution >= 0.6 is 24.0 Å². The summed E-state index contributed by atoms with van der Waals surface area (Å²) in [6, 6.07) is 6.09. The SMILES string of the molecule is CCNC(=NCc1ccc(OC)cc1OC)NC(C)C.I. The Hall–Kier alpha value is -1.18. The first-order chi connectivity index (χ1) is 9.60. The van der Waals surface area contributed by atoms with E-state index in [2.05, 4.69) is 29.5 Å². The van der Waals surface area contributed by atoms with Crippen LogP contribution in [0.1, 0.15) is 26.3 Å². The molecule has 0 fully saturated rings. The van der Waals surface area contributed by atoms with Gasteiger partial charge in [-0.05, 0) is 32.9 Å². The van der Waals surface area contributed by atoms with Gasteiger partial charge in [0.05, 0.1) is 20.8 Å². The van der Waals surface area contributed by atoms with Crippen LogP contribution in [0.2, 0.25) is 0 Å². The van der Waals surface area contributed by atoms with E-state index in [0.717, 1.165) is 29.6 Å². The van der Waals surface area contributed by atoms with E-state index < -0.39 is 0 Å². The molecule has 0 saturated heterocycles. The first-order valence-corrected chi connectivity index (χ1v) is 6.86. The van der Waals surface area contributed by atoms with Crippen molar-refractivity contribution in [2.45, 2.75) is 33.4 Å². The molecule has 120 valence electrons. The molecule has 2 N–H and O–H groups in total. The summed E-state index contributed by atoms with van der Waals surface area (Å²) in [5.41, 5.74) is 1.02. The van der Waals surface area contributed by atoms with E-state index in [1.165, 1.54) is 0 Å². The molecule has 6 heteroatoms. The Morgan fingerprint density at radius 1 is 1.24 bits per heavy atom. The van der Waals surface area contributed by atoms with Crippen LogP contribution in [0.15, 0.2) is 23.2 Å². The molecule has 0 spiro atoms. The molecule has 0 aliphatic heterocycles. The summed E-state index contributed by atoms with van der Waals surface area (Å²) in [5.74, 6) is 2.37. The van der Waals surface area contributed by atoms with Crippen molar-refractivity contribution in [2.75, 3.05) is 20.8 Å². The van der Waals surface area contributed by atoms with Gasteiger partial charge >= 0.3 is 0 Å². The highest BCUT2D eigenvalue weighted by molar-refractivity contribution is 14.0. The standard InChI is InChI=1S/C15H25N3O2.HI/c1-6-16-15(18-11(2)3)17-10-12-7-8-13(19-4)9-14(12)20-5;/h7-9,11H,6,10H2,1-5H3,(H2,16,17,18);1H. The predicted molar refractivity (Wildman–Crippen MR) is 98.0 cm³/mol. The molecule has 0 saturated carbocycles. The lowest BCUT2D eigenvalue weighted by Gasteiger charge is -2.14. The van der Waals surface area contributed by atoms with Gasteiger partial charge in [0.2, 0.25) is 0 Å². The summed E-state index contributed by atoms with van der Waals surface area (Å²) in [6.07, 6.45) is 0. The van der Waals surface area contributed by atoms with Crippen molar-refractivity contribution >= 4 is 29.9 Å². The highest BCUT2D eigenvalue weighted by atomic mass is 127. The normalized spacial score (nSPS) is 10.9. The highest BCUT2D eigenvalue weighted by Gasteiger charge is 2.05. The molecule has 0 aliphatic carbocycles. The summed E-state index contributed by atoms with van der Waals surface area (Å²) in [4.78, 5) is 4.56. The van der Waals surface area contributed by atoms with Crippen LogP contribution < -0.4 is 20.1 Å². The lowest BCUT2D eigenvalue weighted by molar-refractivity contribution is 0.391. The fourth-order valence-corrected chi connectivity index (χ4v) is 1.74. The van der Waals surface area contributed by atoms with Gasteiger partial charge in [-0.1, -0.05) is 0 Å². The lowest BCUT2D eigenvalue weighted by atomic mass is 10.2. The average molecular weight is 407 g/mol. The van der Waals surface area contributed by atoms with Crippen LogP contribution in [0.5, 0.6) is 11.5 Å². The number of ether oxygens (including phenoxy) is 2. The van der Waals surface area contributed by atoms with Crippen LogP contribution in [0, 0.1) is 0 Å². The molecular formula is C15H26IN3O2. The minimum absolute atomic E-state index is 0. The quantitative estimate of drug-likeness (QED) is 0.433. The second-order valence-electron chi connectivity index (χ2n) is 4.67. The molecule has 21 heavy (non-hydrogen) atoms. The fourth-order valence-electron chi connectivity index (χ4n) is 1.74. The third-order valence-electron chi connectivity index (χ3n) is 2.67. The molecule has 0 heterocycles. The Morgan fingerprint density at radius 2 is 1.95 bits per heavy atom. The second kappa shape index (κ2) is 10.5. The van der Waals surface area contributed by atoms with Crippen LogP contribution in [-0.2, 0) is 6.54 Å². The summed E-state index contributed by atoms with van der Waals surface area (Å²) in [7, 11) is 3.29.